The first-order valence-corrected chi connectivity index (χ1v) is 6.24. The molecule has 0 amide bonds. The fraction of sp³-hybridized carbons (Fsp3) is 1.00. The maximum atomic E-state index is 6.19. The Bertz CT molecular complexity index is 186. The van der Waals surface area contributed by atoms with E-state index in [4.69, 9.17) is 15.2 Å². The Morgan fingerprint density at radius 2 is 2.27 bits per heavy atom. The normalized spacial score (nSPS) is 37.6. The molecule has 1 saturated carbocycles. The molecule has 2 rings (SSSR count). The van der Waals surface area contributed by atoms with Crippen LogP contribution in [-0.2, 0) is 9.47 Å². The minimum Gasteiger partial charge on any atom is -0.381 e. The molecule has 1 aliphatic carbocycles. The second-order valence-electron chi connectivity index (χ2n) is 4.94. The van der Waals surface area contributed by atoms with Gasteiger partial charge in [-0.1, -0.05) is 0 Å². The van der Waals surface area contributed by atoms with Crippen LogP contribution in [0.4, 0.5) is 0 Å². The Labute approximate surface area is 92.3 Å². The van der Waals surface area contributed by atoms with E-state index >= 15 is 0 Å². The Morgan fingerprint density at radius 1 is 1.47 bits per heavy atom. The molecule has 0 bridgehead atoms. The topological polar surface area (TPSA) is 44.5 Å². The largest absolute Gasteiger partial charge is 0.381 e. The van der Waals surface area contributed by atoms with E-state index in [-0.39, 0.29) is 0 Å². The van der Waals surface area contributed by atoms with Gasteiger partial charge in [0, 0.05) is 19.3 Å². The number of rotatable bonds is 5. The molecular weight excluding hydrogens is 190 g/mol. The highest BCUT2D eigenvalue weighted by atomic mass is 16.5. The van der Waals surface area contributed by atoms with E-state index in [1.807, 2.05) is 0 Å². The van der Waals surface area contributed by atoms with Crippen molar-refractivity contribution in [2.75, 3.05) is 19.8 Å². The van der Waals surface area contributed by atoms with Crippen LogP contribution in [0.15, 0.2) is 0 Å². The average Bonchev–Trinajstić information content (AvgIpc) is 2.67. The first-order chi connectivity index (χ1) is 7.29. The molecule has 0 radical (unpaired) electrons. The third kappa shape index (κ3) is 2.92. The highest BCUT2D eigenvalue weighted by Gasteiger charge is 2.33. The SMILES string of the molecule is CCOC1CC(CC(N)C2CCOC2)C1. The molecule has 2 N–H and O–H groups in total. The van der Waals surface area contributed by atoms with Crippen molar-refractivity contribution in [3.63, 3.8) is 0 Å². The zero-order valence-corrected chi connectivity index (χ0v) is 9.65. The lowest BCUT2D eigenvalue weighted by Gasteiger charge is -2.37. The quantitative estimate of drug-likeness (QED) is 0.753. The molecule has 3 heteroatoms. The number of hydrogen-bond acceptors (Lipinski definition) is 3. The Balaban J connectivity index is 1.61. The molecule has 2 unspecified atom stereocenters. The van der Waals surface area contributed by atoms with Gasteiger partial charge in [-0.15, -0.1) is 0 Å². The van der Waals surface area contributed by atoms with E-state index in [0.717, 1.165) is 38.6 Å². The molecule has 2 fully saturated rings. The van der Waals surface area contributed by atoms with E-state index in [1.165, 1.54) is 12.8 Å². The van der Waals surface area contributed by atoms with E-state index < -0.39 is 0 Å². The van der Waals surface area contributed by atoms with Gasteiger partial charge in [-0.2, -0.15) is 0 Å². The predicted octanol–water partition coefficient (Wildman–Crippen LogP) is 1.56. The van der Waals surface area contributed by atoms with Gasteiger partial charge in [0.25, 0.3) is 0 Å². The van der Waals surface area contributed by atoms with Gasteiger partial charge in [-0.25, -0.2) is 0 Å². The van der Waals surface area contributed by atoms with Crippen molar-refractivity contribution in [2.45, 2.75) is 44.8 Å². The van der Waals surface area contributed by atoms with Crippen LogP contribution in [0, 0.1) is 11.8 Å². The first kappa shape index (κ1) is 11.4. The monoisotopic (exact) mass is 213 g/mol. The molecule has 0 aromatic heterocycles. The molecule has 3 nitrogen and oxygen atoms in total. The zero-order chi connectivity index (χ0) is 10.7. The van der Waals surface area contributed by atoms with E-state index in [2.05, 4.69) is 6.92 Å². The van der Waals surface area contributed by atoms with Crippen molar-refractivity contribution in [1.82, 2.24) is 0 Å². The second-order valence-corrected chi connectivity index (χ2v) is 4.94. The number of hydrogen-bond donors (Lipinski definition) is 1. The molecule has 2 aliphatic rings. The Hall–Kier alpha value is -0.120. The molecule has 1 aliphatic heterocycles. The van der Waals surface area contributed by atoms with Gasteiger partial charge in [0.05, 0.1) is 12.7 Å². The molecule has 15 heavy (non-hydrogen) atoms. The Kier molecular flexibility index (Phi) is 4.00. The van der Waals surface area contributed by atoms with Crippen LogP contribution in [0.1, 0.15) is 32.6 Å². The van der Waals surface area contributed by atoms with E-state index in [1.54, 1.807) is 0 Å². The van der Waals surface area contributed by atoms with Crippen molar-refractivity contribution < 1.29 is 9.47 Å². The second kappa shape index (κ2) is 5.28. The van der Waals surface area contributed by atoms with Gasteiger partial charge in [0.2, 0.25) is 0 Å². The van der Waals surface area contributed by atoms with Crippen LogP contribution in [0.3, 0.4) is 0 Å². The van der Waals surface area contributed by atoms with Crippen molar-refractivity contribution >= 4 is 0 Å². The molecule has 0 aromatic carbocycles. The highest BCUT2D eigenvalue weighted by molar-refractivity contribution is 4.86. The van der Waals surface area contributed by atoms with Gasteiger partial charge in [-0.3, -0.25) is 0 Å². The van der Waals surface area contributed by atoms with E-state index in [0.29, 0.717) is 18.1 Å². The van der Waals surface area contributed by atoms with Gasteiger partial charge in [0.1, 0.15) is 0 Å². The summed E-state index contributed by atoms with van der Waals surface area (Å²) in [5.74, 6) is 1.41. The first-order valence-electron chi connectivity index (χ1n) is 6.24. The predicted molar refractivity (Wildman–Crippen MR) is 59.7 cm³/mol. The maximum Gasteiger partial charge on any atom is 0.0580 e. The summed E-state index contributed by atoms with van der Waals surface area (Å²) < 4.78 is 10.9. The summed E-state index contributed by atoms with van der Waals surface area (Å²) in [7, 11) is 0. The van der Waals surface area contributed by atoms with Crippen LogP contribution >= 0.6 is 0 Å². The van der Waals surface area contributed by atoms with Crippen molar-refractivity contribution in [1.29, 1.82) is 0 Å². The van der Waals surface area contributed by atoms with Crippen LogP contribution in [0.2, 0.25) is 0 Å². The van der Waals surface area contributed by atoms with Crippen LogP contribution in [0.25, 0.3) is 0 Å². The lowest BCUT2D eigenvalue weighted by Crippen LogP contribution is -2.39. The van der Waals surface area contributed by atoms with Gasteiger partial charge < -0.3 is 15.2 Å². The third-order valence-electron chi connectivity index (χ3n) is 3.77. The van der Waals surface area contributed by atoms with Gasteiger partial charge in [0.15, 0.2) is 0 Å². The fourth-order valence-electron chi connectivity index (χ4n) is 2.71. The van der Waals surface area contributed by atoms with Gasteiger partial charge in [-0.05, 0) is 44.4 Å². The molecule has 1 heterocycles. The summed E-state index contributed by atoms with van der Waals surface area (Å²) >= 11 is 0. The lowest BCUT2D eigenvalue weighted by molar-refractivity contribution is -0.0295. The van der Waals surface area contributed by atoms with Gasteiger partial charge >= 0.3 is 0 Å². The molecular formula is C12H23NO2. The summed E-state index contributed by atoms with van der Waals surface area (Å²) in [6.07, 6.45) is 5.27. The summed E-state index contributed by atoms with van der Waals surface area (Å²) in [6, 6.07) is 0.347. The molecule has 0 aromatic rings. The van der Waals surface area contributed by atoms with Crippen molar-refractivity contribution in [3.8, 4) is 0 Å². The molecule has 0 spiro atoms. The van der Waals surface area contributed by atoms with Crippen LogP contribution in [0.5, 0.6) is 0 Å². The van der Waals surface area contributed by atoms with Crippen LogP contribution < -0.4 is 5.73 Å². The third-order valence-corrected chi connectivity index (χ3v) is 3.77. The van der Waals surface area contributed by atoms with Crippen LogP contribution in [-0.4, -0.2) is 32.0 Å². The molecule has 2 atom stereocenters. The van der Waals surface area contributed by atoms with Crippen molar-refractivity contribution in [3.05, 3.63) is 0 Å². The average molecular weight is 213 g/mol. The summed E-state index contributed by atoms with van der Waals surface area (Å²) in [6.45, 7) is 4.70. The zero-order valence-electron chi connectivity index (χ0n) is 9.65. The molecule has 1 saturated heterocycles. The Morgan fingerprint density at radius 3 is 2.87 bits per heavy atom. The maximum absolute atomic E-state index is 6.19. The highest BCUT2D eigenvalue weighted by Crippen LogP contribution is 2.35. The lowest BCUT2D eigenvalue weighted by atomic mass is 9.76. The van der Waals surface area contributed by atoms with E-state index in [9.17, 15) is 0 Å². The minimum atomic E-state index is 0.347. The van der Waals surface area contributed by atoms with Crippen molar-refractivity contribution in [2.24, 2.45) is 17.6 Å². The molecule has 88 valence electrons. The summed E-state index contributed by atoms with van der Waals surface area (Å²) in [4.78, 5) is 0. The smallest absolute Gasteiger partial charge is 0.0580 e. The standard InChI is InChI=1S/C12H23NO2/c1-2-15-11-5-9(6-11)7-12(13)10-3-4-14-8-10/h9-12H,2-8,13H2,1H3. The number of nitrogens with two attached hydrogens (primary N) is 1. The fourth-order valence-corrected chi connectivity index (χ4v) is 2.71. The summed E-state index contributed by atoms with van der Waals surface area (Å²) in [5, 5.41) is 0. The summed E-state index contributed by atoms with van der Waals surface area (Å²) in [5.41, 5.74) is 6.19. The number of ether oxygens (including phenoxy) is 2. The minimum absolute atomic E-state index is 0.347.